The molecule has 0 aromatic heterocycles. The highest BCUT2D eigenvalue weighted by Crippen LogP contribution is 2.35. The first-order chi connectivity index (χ1) is 9.22. The molecule has 3 atom stereocenters. The summed E-state index contributed by atoms with van der Waals surface area (Å²) in [5.74, 6) is 1.79. The van der Waals surface area contributed by atoms with Crippen LogP contribution < -0.4 is 5.32 Å². The van der Waals surface area contributed by atoms with Gasteiger partial charge < -0.3 is 5.32 Å². The number of nitrogens with zero attached hydrogens (tertiary/aromatic N) is 1. The Hall–Kier alpha value is -1.03. The molecule has 102 valence electrons. The van der Waals surface area contributed by atoms with Crippen molar-refractivity contribution in [3.63, 3.8) is 0 Å². The largest absolute Gasteiger partial charge is 0.358 e. The fraction of sp³-hybridized carbons (Fsp3) is 0.533. The number of rotatable bonds is 2. The van der Waals surface area contributed by atoms with E-state index in [4.69, 9.17) is 4.99 Å². The van der Waals surface area contributed by atoms with Crippen molar-refractivity contribution >= 4 is 16.9 Å². The average molecular weight is 278 g/mol. The summed E-state index contributed by atoms with van der Waals surface area (Å²) in [6, 6.07) is 7.39. The quantitative estimate of drug-likeness (QED) is 0.891. The highest BCUT2D eigenvalue weighted by Gasteiger charge is 2.31. The zero-order valence-corrected chi connectivity index (χ0v) is 11.9. The van der Waals surface area contributed by atoms with E-state index in [0.29, 0.717) is 6.04 Å². The van der Waals surface area contributed by atoms with Crippen LogP contribution in [-0.2, 0) is 0 Å². The average Bonchev–Trinajstić information content (AvgIpc) is 2.87. The molecule has 4 heteroatoms. The molecular weight excluding hydrogens is 259 g/mol. The summed E-state index contributed by atoms with van der Waals surface area (Å²) in [4.78, 5) is 4.82. The molecule has 2 nitrogen and oxygen atoms in total. The smallest absolute Gasteiger partial charge is 0.157 e. The van der Waals surface area contributed by atoms with Crippen molar-refractivity contribution in [2.45, 2.75) is 38.3 Å². The molecule has 0 bridgehead atoms. The second-order valence-corrected chi connectivity index (χ2v) is 6.43. The van der Waals surface area contributed by atoms with E-state index < -0.39 is 0 Å². The van der Waals surface area contributed by atoms with Crippen LogP contribution in [0.4, 0.5) is 4.39 Å². The molecule has 2 aliphatic rings. The maximum atomic E-state index is 12.9. The maximum Gasteiger partial charge on any atom is 0.157 e. The van der Waals surface area contributed by atoms with Crippen molar-refractivity contribution in [2.75, 3.05) is 5.75 Å². The van der Waals surface area contributed by atoms with Gasteiger partial charge in [-0.15, -0.1) is 0 Å². The van der Waals surface area contributed by atoms with Crippen molar-refractivity contribution in [3.05, 3.63) is 35.6 Å². The van der Waals surface area contributed by atoms with E-state index in [1.165, 1.54) is 37.1 Å². The highest BCUT2D eigenvalue weighted by molar-refractivity contribution is 8.13. The Kier molecular flexibility index (Phi) is 3.78. The second-order valence-electron chi connectivity index (χ2n) is 5.42. The van der Waals surface area contributed by atoms with Crippen molar-refractivity contribution in [1.29, 1.82) is 0 Å². The molecule has 1 fully saturated rings. The first-order valence-corrected chi connectivity index (χ1v) is 7.93. The minimum Gasteiger partial charge on any atom is -0.358 e. The lowest BCUT2D eigenvalue weighted by Crippen LogP contribution is -2.31. The minimum absolute atomic E-state index is 0.171. The molecule has 0 radical (unpaired) electrons. The van der Waals surface area contributed by atoms with Crippen LogP contribution in [0.2, 0.25) is 0 Å². The predicted octanol–water partition coefficient (Wildman–Crippen LogP) is 3.75. The number of aliphatic imine (C=N–C) groups is 1. The summed E-state index contributed by atoms with van der Waals surface area (Å²) >= 11 is 1.83. The van der Waals surface area contributed by atoms with E-state index in [1.807, 2.05) is 23.9 Å². The van der Waals surface area contributed by atoms with Crippen molar-refractivity contribution < 1.29 is 4.39 Å². The van der Waals surface area contributed by atoms with Gasteiger partial charge in [0.15, 0.2) is 5.17 Å². The van der Waals surface area contributed by atoms with Gasteiger partial charge in [0.05, 0.1) is 12.1 Å². The molecule has 1 N–H and O–H groups in total. The Morgan fingerprint density at radius 2 is 2.11 bits per heavy atom. The van der Waals surface area contributed by atoms with E-state index in [2.05, 4.69) is 12.2 Å². The normalized spacial score (nSPS) is 27.6. The topological polar surface area (TPSA) is 24.4 Å². The van der Waals surface area contributed by atoms with Gasteiger partial charge in [0.1, 0.15) is 5.82 Å². The Bertz CT molecular complexity index is 472. The monoisotopic (exact) mass is 278 g/mol. The minimum atomic E-state index is -0.186. The Balaban J connectivity index is 1.66. The summed E-state index contributed by atoms with van der Waals surface area (Å²) < 4.78 is 12.9. The van der Waals surface area contributed by atoms with Crippen LogP contribution in [0.15, 0.2) is 29.3 Å². The molecular formula is C15H19FN2S. The molecule has 1 aromatic rings. The second kappa shape index (κ2) is 5.53. The highest BCUT2D eigenvalue weighted by atomic mass is 32.2. The zero-order valence-electron chi connectivity index (χ0n) is 11.1. The van der Waals surface area contributed by atoms with E-state index in [1.54, 1.807) is 0 Å². The summed E-state index contributed by atoms with van der Waals surface area (Å²) in [6.45, 7) is 2.09. The van der Waals surface area contributed by atoms with Crippen molar-refractivity contribution in [3.8, 4) is 0 Å². The van der Waals surface area contributed by atoms with E-state index in [0.717, 1.165) is 16.6 Å². The molecule has 3 unspecified atom stereocenters. The van der Waals surface area contributed by atoms with Gasteiger partial charge in [-0.05, 0) is 43.4 Å². The third kappa shape index (κ3) is 2.94. The number of halogens is 1. The Morgan fingerprint density at radius 3 is 2.89 bits per heavy atom. The van der Waals surface area contributed by atoms with Crippen LogP contribution in [0, 0.1) is 11.7 Å². The predicted molar refractivity (Wildman–Crippen MR) is 79.0 cm³/mol. The van der Waals surface area contributed by atoms with E-state index in [9.17, 15) is 4.39 Å². The number of thioether (sulfide) groups is 1. The first kappa shape index (κ1) is 13.0. The number of benzene rings is 1. The number of hydrogen-bond acceptors (Lipinski definition) is 3. The van der Waals surface area contributed by atoms with Gasteiger partial charge in [0.2, 0.25) is 0 Å². The van der Waals surface area contributed by atoms with Crippen LogP contribution in [-0.4, -0.2) is 17.0 Å². The molecule has 19 heavy (non-hydrogen) atoms. The van der Waals surface area contributed by atoms with Crippen LogP contribution in [0.5, 0.6) is 0 Å². The van der Waals surface area contributed by atoms with Crippen LogP contribution in [0.1, 0.15) is 37.8 Å². The third-order valence-corrected chi connectivity index (χ3v) is 5.14. The molecule has 0 amide bonds. The Morgan fingerprint density at radius 1 is 1.32 bits per heavy atom. The van der Waals surface area contributed by atoms with Crippen molar-refractivity contribution in [2.24, 2.45) is 10.9 Å². The number of nitrogens with one attached hydrogen (secondary N) is 1. The van der Waals surface area contributed by atoms with E-state index >= 15 is 0 Å². The first-order valence-electron chi connectivity index (χ1n) is 6.95. The standard InChI is InChI=1S/C15H19FN2S/c1-10(11-5-7-13(16)8-6-11)17-15-18-14-4-2-3-12(14)9-19-15/h5-8,10,12,14H,2-4,9H2,1H3,(H,17,18). The molecule has 1 aliphatic heterocycles. The lowest BCUT2D eigenvalue weighted by molar-refractivity contribution is 0.531. The zero-order chi connectivity index (χ0) is 13.2. The molecule has 1 saturated carbocycles. The maximum absolute atomic E-state index is 12.9. The summed E-state index contributed by atoms with van der Waals surface area (Å²) in [5, 5.41) is 4.51. The van der Waals surface area contributed by atoms with Crippen LogP contribution >= 0.6 is 11.8 Å². The van der Waals surface area contributed by atoms with Gasteiger partial charge in [0.25, 0.3) is 0 Å². The number of fused-ring (bicyclic) bond motifs is 1. The fourth-order valence-electron chi connectivity index (χ4n) is 2.85. The lowest BCUT2D eigenvalue weighted by Gasteiger charge is -2.25. The van der Waals surface area contributed by atoms with Gasteiger partial charge in [-0.25, -0.2) is 4.39 Å². The van der Waals surface area contributed by atoms with Crippen molar-refractivity contribution in [1.82, 2.24) is 5.32 Å². The van der Waals surface area contributed by atoms with Gasteiger partial charge in [-0.3, -0.25) is 4.99 Å². The Labute approximate surface area is 117 Å². The molecule has 1 aromatic carbocycles. The van der Waals surface area contributed by atoms with Gasteiger partial charge >= 0.3 is 0 Å². The molecule has 1 heterocycles. The summed E-state index contributed by atoms with van der Waals surface area (Å²) in [5.41, 5.74) is 1.10. The number of amidine groups is 1. The molecule has 0 spiro atoms. The van der Waals surface area contributed by atoms with Crippen LogP contribution in [0.25, 0.3) is 0 Å². The van der Waals surface area contributed by atoms with Crippen LogP contribution in [0.3, 0.4) is 0 Å². The molecule has 1 aliphatic carbocycles. The van der Waals surface area contributed by atoms with Gasteiger partial charge in [0, 0.05) is 5.75 Å². The third-order valence-electron chi connectivity index (χ3n) is 4.05. The molecule has 0 saturated heterocycles. The van der Waals surface area contributed by atoms with Gasteiger partial charge in [-0.2, -0.15) is 0 Å². The fourth-order valence-corrected chi connectivity index (χ4v) is 4.09. The van der Waals surface area contributed by atoms with Gasteiger partial charge in [-0.1, -0.05) is 30.3 Å². The number of hydrogen-bond donors (Lipinski definition) is 1. The SMILES string of the molecule is CC(NC1=NC2CCCC2CS1)c1ccc(F)cc1. The summed E-state index contributed by atoms with van der Waals surface area (Å²) in [7, 11) is 0. The molecule has 3 rings (SSSR count). The van der Waals surface area contributed by atoms with E-state index in [-0.39, 0.29) is 11.9 Å². The lowest BCUT2D eigenvalue weighted by atomic mass is 10.1. The summed E-state index contributed by atoms with van der Waals surface area (Å²) in [6.07, 6.45) is 3.89.